The van der Waals surface area contributed by atoms with Gasteiger partial charge in [-0.1, -0.05) is 137 Å². The molecule has 0 unspecified atom stereocenters. The fraction of sp³-hybridized carbons (Fsp3) is 0.310. The molecule has 0 N–H and O–H groups in total. The second kappa shape index (κ2) is 15.6. The number of aromatic nitrogens is 2. The smallest absolute Gasteiger partial charge is 0.417 e. The first-order valence-corrected chi connectivity index (χ1v) is 23.5. The number of likely N-dealkylation sites (tertiary alicyclic amines) is 1. The Morgan fingerprint density at radius 1 is 0.981 bits per heavy atom. The first kappa shape index (κ1) is 38.4. The minimum atomic E-state index is -2.84. The monoisotopic (exact) mass is 765 g/mol. The molecule has 1 aliphatic rings. The molecular weight excluding hydrogens is 718 g/mol. The van der Waals surface area contributed by atoms with Gasteiger partial charge < -0.3 is 9.16 Å². The third-order valence-corrected chi connectivity index (χ3v) is 16.2. The van der Waals surface area contributed by atoms with Gasteiger partial charge in [-0.05, 0) is 41.3 Å². The van der Waals surface area contributed by atoms with Crippen LogP contribution in [0.3, 0.4) is 0 Å². The number of fused-ring (bicyclic) bond motifs is 1. The number of nitrogens with zero attached hydrogens (tertiary/aromatic N) is 3. The van der Waals surface area contributed by atoms with Crippen molar-refractivity contribution in [1.82, 2.24) is 14.3 Å². The number of β-lactam (4-membered cyclic amide) rings is 1. The third-order valence-electron chi connectivity index (χ3n) is 10.3. The molecule has 0 aliphatic carbocycles. The molecular formula is C42H48N3O5PSSi. The third kappa shape index (κ3) is 6.94. The Balaban J connectivity index is 1.75. The molecule has 1 saturated heterocycles. The number of thiazole rings is 1. The molecule has 0 bridgehead atoms. The predicted octanol–water partition coefficient (Wildman–Crippen LogP) is 7.19. The van der Waals surface area contributed by atoms with Gasteiger partial charge in [-0.25, -0.2) is 14.7 Å². The molecule has 4 atom stereocenters. The number of imide groups is 1. The lowest BCUT2D eigenvalue weighted by Gasteiger charge is -2.61. The summed E-state index contributed by atoms with van der Waals surface area (Å²) in [5.74, 6) is 0.320. The van der Waals surface area contributed by atoms with E-state index in [1.165, 1.54) is 22.3 Å². The number of ketones is 1. The highest BCUT2D eigenvalue weighted by atomic mass is 32.1. The molecule has 1 fully saturated rings. The Morgan fingerprint density at radius 3 is 2.02 bits per heavy atom. The molecule has 2 aromatic heterocycles. The lowest BCUT2D eigenvalue weighted by Crippen LogP contribution is -2.78. The van der Waals surface area contributed by atoms with E-state index in [1.54, 1.807) is 6.33 Å². The standard InChI is InChI=1S/C42H48N3O5PSSi/c1-8-25-49-40(48)45-37(30(2)36(46)35-38-44(29-43-35)24-26-52-38)42(39(45)47,34(41(3,4)5)27-50-53(6)7)28-51(31-18-12-9-13-19-31,32-20-14-10-15-21-32)33-22-16-11-17-23-33/h8-24,26,28-30,34,37,53H,1,25,27H2,2-7H3/t30-,34+,37+,42+/m0/s1. The molecule has 276 valence electrons. The van der Waals surface area contributed by atoms with E-state index in [0.29, 0.717) is 10.5 Å². The largest absolute Gasteiger partial charge is 0.445 e. The van der Waals surface area contributed by atoms with E-state index in [4.69, 9.17) is 9.16 Å². The molecule has 1 aliphatic heterocycles. The van der Waals surface area contributed by atoms with Gasteiger partial charge in [0.1, 0.15) is 23.5 Å². The Bertz CT molecular complexity index is 2040. The molecule has 0 radical (unpaired) electrons. The molecule has 2 amide bonds. The van der Waals surface area contributed by atoms with Gasteiger partial charge in [0, 0.05) is 30.0 Å². The Kier molecular flexibility index (Phi) is 11.3. The minimum absolute atomic E-state index is 0.0784. The summed E-state index contributed by atoms with van der Waals surface area (Å²) in [5.41, 5.74) is -1.57. The maximum Gasteiger partial charge on any atom is 0.417 e. The van der Waals surface area contributed by atoms with Crippen LogP contribution in [0.15, 0.2) is 122 Å². The van der Waals surface area contributed by atoms with Crippen LogP contribution in [0, 0.1) is 22.7 Å². The number of carbonyl (C=O) groups excluding carboxylic acids is 3. The molecule has 8 nitrogen and oxygen atoms in total. The number of hydrogen-bond donors (Lipinski definition) is 0. The van der Waals surface area contributed by atoms with E-state index in [1.807, 2.05) is 77.5 Å². The molecule has 0 spiro atoms. The highest BCUT2D eigenvalue weighted by molar-refractivity contribution is 7.94. The van der Waals surface area contributed by atoms with E-state index in [0.717, 1.165) is 15.9 Å². The van der Waals surface area contributed by atoms with E-state index >= 15 is 4.79 Å². The lowest BCUT2D eigenvalue weighted by molar-refractivity contribution is -0.173. The summed E-state index contributed by atoms with van der Waals surface area (Å²) in [6.07, 6.45) is 4.16. The van der Waals surface area contributed by atoms with Crippen LogP contribution in [0.1, 0.15) is 38.2 Å². The molecule has 3 heterocycles. The quantitative estimate of drug-likeness (QED) is 0.0415. The van der Waals surface area contributed by atoms with Crippen LogP contribution in [-0.4, -0.2) is 66.2 Å². The van der Waals surface area contributed by atoms with Gasteiger partial charge in [0.15, 0.2) is 14.8 Å². The highest BCUT2D eigenvalue weighted by Gasteiger charge is 2.70. The fourth-order valence-electron chi connectivity index (χ4n) is 7.85. The summed E-state index contributed by atoms with van der Waals surface area (Å²) < 4.78 is 14.0. The van der Waals surface area contributed by atoms with Crippen LogP contribution in [0.4, 0.5) is 4.79 Å². The number of rotatable bonds is 13. The Hall–Kier alpha value is -4.34. The van der Waals surface area contributed by atoms with Gasteiger partial charge in [-0.3, -0.25) is 14.0 Å². The normalized spacial score (nSPS) is 18.7. The van der Waals surface area contributed by atoms with Crippen molar-refractivity contribution in [3.05, 3.63) is 127 Å². The van der Waals surface area contributed by atoms with Crippen molar-refractivity contribution in [3.8, 4) is 0 Å². The summed E-state index contributed by atoms with van der Waals surface area (Å²) in [7, 11) is -1.60. The predicted molar refractivity (Wildman–Crippen MR) is 220 cm³/mol. The summed E-state index contributed by atoms with van der Waals surface area (Å²) >= 11 is 1.42. The van der Waals surface area contributed by atoms with E-state index in [-0.39, 0.29) is 19.0 Å². The maximum absolute atomic E-state index is 15.6. The van der Waals surface area contributed by atoms with Crippen molar-refractivity contribution in [2.24, 2.45) is 22.7 Å². The number of benzene rings is 3. The summed E-state index contributed by atoms with van der Waals surface area (Å²) in [6.45, 7) is 13.5. The van der Waals surface area contributed by atoms with Crippen LogP contribution in [0.5, 0.6) is 0 Å². The van der Waals surface area contributed by atoms with Gasteiger partial charge in [0.25, 0.3) is 0 Å². The molecule has 5 aromatic rings. The van der Waals surface area contributed by atoms with Crippen LogP contribution in [0.2, 0.25) is 13.1 Å². The SMILES string of the molecule is C=CCOC(=O)N1C(=O)[C@](C=P(c2ccccc2)(c2ccccc2)c2ccccc2)([C@H](CO[SiH](C)C)C(C)(C)C)[C@H]1[C@@H](C)C(=O)c1ncn2ccsc12. The average molecular weight is 766 g/mol. The van der Waals surface area contributed by atoms with Crippen molar-refractivity contribution in [2.75, 3.05) is 13.2 Å². The zero-order chi connectivity index (χ0) is 38.0. The topological polar surface area (TPSA) is 90.2 Å². The van der Waals surface area contributed by atoms with Crippen molar-refractivity contribution < 1.29 is 23.5 Å². The number of ether oxygens (including phenoxy) is 1. The molecule has 53 heavy (non-hydrogen) atoms. The fourth-order valence-corrected chi connectivity index (χ4v) is 13.6. The van der Waals surface area contributed by atoms with Crippen LogP contribution >= 0.6 is 18.2 Å². The van der Waals surface area contributed by atoms with Gasteiger partial charge in [0.2, 0.25) is 5.91 Å². The average Bonchev–Trinajstić information content (AvgIpc) is 3.79. The van der Waals surface area contributed by atoms with Crippen LogP contribution < -0.4 is 15.9 Å². The van der Waals surface area contributed by atoms with Crippen LogP contribution in [0.25, 0.3) is 4.83 Å². The first-order chi connectivity index (χ1) is 25.4. The van der Waals surface area contributed by atoms with Gasteiger partial charge >= 0.3 is 6.09 Å². The van der Waals surface area contributed by atoms with Crippen molar-refractivity contribution in [2.45, 2.75) is 46.8 Å². The second-order valence-electron chi connectivity index (χ2n) is 14.9. The van der Waals surface area contributed by atoms with E-state index < -0.39 is 56.6 Å². The summed E-state index contributed by atoms with van der Waals surface area (Å²) in [6, 6.07) is 30.0. The molecule has 0 saturated carbocycles. The van der Waals surface area contributed by atoms with Crippen molar-refractivity contribution >= 4 is 71.6 Å². The van der Waals surface area contributed by atoms with Crippen molar-refractivity contribution in [1.29, 1.82) is 0 Å². The highest BCUT2D eigenvalue weighted by Crippen LogP contribution is 2.58. The molecule has 11 heteroatoms. The molecule has 3 aromatic carbocycles. The Morgan fingerprint density at radius 2 is 1.53 bits per heavy atom. The van der Waals surface area contributed by atoms with Gasteiger partial charge in [-0.2, -0.15) is 0 Å². The maximum atomic E-state index is 15.6. The number of Topliss-reactive ketones (excluding diaryl/α,β-unsaturated/α-hetero) is 1. The summed E-state index contributed by atoms with van der Waals surface area (Å²) in [4.78, 5) is 50.9. The van der Waals surface area contributed by atoms with Gasteiger partial charge in [-0.15, -0.1) is 11.3 Å². The number of imidazole rings is 1. The molecule has 6 rings (SSSR count). The minimum Gasteiger partial charge on any atom is -0.445 e. The summed E-state index contributed by atoms with van der Waals surface area (Å²) in [5, 5.41) is 5.06. The Labute approximate surface area is 318 Å². The first-order valence-electron chi connectivity index (χ1n) is 18.0. The zero-order valence-electron chi connectivity index (χ0n) is 31.2. The van der Waals surface area contributed by atoms with E-state index in [2.05, 4.69) is 87.6 Å². The van der Waals surface area contributed by atoms with Gasteiger partial charge in [0.05, 0.1) is 11.5 Å². The second-order valence-corrected chi connectivity index (χ2v) is 21.5. The zero-order valence-corrected chi connectivity index (χ0v) is 34.1. The van der Waals surface area contributed by atoms with Crippen LogP contribution in [-0.2, 0) is 14.0 Å². The van der Waals surface area contributed by atoms with Crippen molar-refractivity contribution in [3.63, 3.8) is 0 Å². The van der Waals surface area contributed by atoms with E-state index in [9.17, 15) is 9.59 Å². The number of carbonyl (C=O) groups is 3. The number of hydrogen-bond acceptors (Lipinski definition) is 7. The lowest BCUT2D eigenvalue weighted by atomic mass is 9.54. The number of amides is 2.